The zero-order chi connectivity index (χ0) is 11.1. The standard InChI is InChI=1S/C11H20N2O2/c1-2-3-7-12-10(14)9-13-8-5-4-6-11(13)15/h2-9H2,1H3,(H,12,14). The fourth-order valence-corrected chi connectivity index (χ4v) is 1.66. The molecule has 1 fully saturated rings. The van der Waals surface area contributed by atoms with Crippen molar-refractivity contribution < 1.29 is 9.59 Å². The Morgan fingerprint density at radius 2 is 2.27 bits per heavy atom. The Hall–Kier alpha value is -1.06. The Morgan fingerprint density at radius 3 is 2.93 bits per heavy atom. The topological polar surface area (TPSA) is 49.4 Å². The Balaban J connectivity index is 2.21. The quantitative estimate of drug-likeness (QED) is 0.689. The van der Waals surface area contributed by atoms with Crippen molar-refractivity contribution in [2.24, 2.45) is 0 Å². The number of unbranched alkanes of at least 4 members (excludes halogenated alkanes) is 1. The van der Waals surface area contributed by atoms with E-state index in [-0.39, 0.29) is 18.4 Å². The molecule has 1 N–H and O–H groups in total. The molecule has 2 amide bonds. The van der Waals surface area contributed by atoms with Crippen LogP contribution in [0.25, 0.3) is 0 Å². The van der Waals surface area contributed by atoms with E-state index < -0.39 is 0 Å². The first-order valence-electron chi connectivity index (χ1n) is 5.78. The van der Waals surface area contributed by atoms with Gasteiger partial charge in [0.15, 0.2) is 0 Å². The van der Waals surface area contributed by atoms with Gasteiger partial charge in [0, 0.05) is 19.5 Å². The van der Waals surface area contributed by atoms with Gasteiger partial charge in [-0.25, -0.2) is 0 Å². The molecule has 86 valence electrons. The van der Waals surface area contributed by atoms with E-state index in [2.05, 4.69) is 12.2 Å². The molecule has 0 aliphatic carbocycles. The lowest BCUT2D eigenvalue weighted by atomic mass is 10.1. The number of hydrogen-bond acceptors (Lipinski definition) is 2. The smallest absolute Gasteiger partial charge is 0.239 e. The van der Waals surface area contributed by atoms with Crippen molar-refractivity contribution in [3.8, 4) is 0 Å². The highest BCUT2D eigenvalue weighted by molar-refractivity contribution is 5.85. The first kappa shape index (κ1) is 12.0. The zero-order valence-electron chi connectivity index (χ0n) is 9.42. The molecule has 15 heavy (non-hydrogen) atoms. The molecule has 0 atom stereocenters. The number of piperidine rings is 1. The van der Waals surface area contributed by atoms with E-state index in [4.69, 9.17) is 0 Å². The van der Waals surface area contributed by atoms with Gasteiger partial charge in [-0.05, 0) is 19.3 Å². The molecule has 4 nitrogen and oxygen atoms in total. The van der Waals surface area contributed by atoms with E-state index in [1.807, 2.05) is 0 Å². The average molecular weight is 212 g/mol. The Kier molecular flexibility index (Phi) is 5.15. The fourth-order valence-electron chi connectivity index (χ4n) is 1.66. The molecule has 4 heteroatoms. The second-order valence-corrected chi connectivity index (χ2v) is 3.98. The minimum atomic E-state index is -0.0290. The molecule has 1 rings (SSSR count). The SMILES string of the molecule is CCCCNC(=O)CN1CCCCC1=O. The maximum Gasteiger partial charge on any atom is 0.239 e. The van der Waals surface area contributed by atoms with Crippen LogP contribution >= 0.6 is 0 Å². The van der Waals surface area contributed by atoms with Crippen LogP contribution in [0.4, 0.5) is 0 Å². The Labute approximate surface area is 91.0 Å². The van der Waals surface area contributed by atoms with Crippen LogP contribution in [0, 0.1) is 0 Å². The summed E-state index contributed by atoms with van der Waals surface area (Å²) in [5.41, 5.74) is 0. The molecule has 0 aromatic carbocycles. The molecule has 0 saturated carbocycles. The van der Waals surface area contributed by atoms with Crippen molar-refractivity contribution in [3.05, 3.63) is 0 Å². The molecular formula is C11H20N2O2. The first-order chi connectivity index (χ1) is 7.24. The highest BCUT2D eigenvalue weighted by Crippen LogP contribution is 2.09. The highest BCUT2D eigenvalue weighted by atomic mass is 16.2. The summed E-state index contributed by atoms with van der Waals surface area (Å²) in [6.07, 6.45) is 4.66. The molecule has 0 unspecified atom stereocenters. The van der Waals surface area contributed by atoms with E-state index in [0.717, 1.165) is 38.8 Å². The zero-order valence-corrected chi connectivity index (χ0v) is 9.42. The number of carbonyl (C=O) groups is 2. The predicted molar refractivity (Wildman–Crippen MR) is 58.3 cm³/mol. The lowest BCUT2D eigenvalue weighted by Crippen LogP contribution is -2.43. The molecule has 1 saturated heterocycles. The number of amides is 2. The van der Waals surface area contributed by atoms with Crippen molar-refractivity contribution in [1.82, 2.24) is 10.2 Å². The molecule has 0 spiro atoms. The second kappa shape index (κ2) is 6.43. The number of rotatable bonds is 5. The Bertz CT molecular complexity index is 229. The van der Waals surface area contributed by atoms with Gasteiger partial charge in [0.05, 0.1) is 6.54 Å². The van der Waals surface area contributed by atoms with Gasteiger partial charge in [0.25, 0.3) is 0 Å². The molecule has 1 aliphatic rings. The summed E-state index contributed by atoms with van der Waals surface area (Å²) in [4.78, 5) is 24.5. The number of carbonyl (C=O) groups excluding carboxylic acids is 2. The van der Waals surface area contributed by atoms with Crippen LogP contribution in [0.3, 0.4) is 0 Å². The number of likely N-dealkylation sites (tertiary alicyclic amines) is 1. The normalized spacial score (nSPS) is 16.6. The summed E-state index contributed by atoms with van der Waals surface area (Å²) in [5, 5.41) is 2.82. The largest absolute Gasteiger partial charge is 0.355 e. The molecule has 1 heterocycles. The van der Waals surface area contributed by atoms with E-state index >= 15 is 0 Å². The predicted octanol–water partition coefficient (Wildman–Crippen LogP) is 0.915. The van der Waals surface area contributed by atoms with Crippen LogP contribution in [0.5, 0.6) is 0 Å². The summed E-state index contributed by atoms with van der Waals surface area (Å²) in [7, 11) is 0. The lowest BCUT2D eigenvalue weighted by molar-refractivity contribution is -0.137. The first-order valence-corrected chi connectivity index (χ1v) is 5.78. The van der Waals surface area contributed by atoms with Gasteiger partial charge in [-0.15, -0.1) is 0 Å². The lowest BCUT2D eigenvalue weighted by Gasteiger charge is -2.25. The van der Waals surface area contributed by atoms with Crippen LogP contribution in [0.15, 0.2) is 0 Å². The molecule has 0 radical (unpaired) electrons. The second-order valence-electron chi connectivity index (χ2n) is 3.98. The maximum atomic E-state index is 11.4. The third kappa shape index (κ3) is 4.32. The van der Waals surface area contributed by atoms with E-state index in [0.29, 0.717) is 6.42 Å². The summed E-state index contributed by atoms with van der Waals surface area (Å²) >= 11 is 0. The maximum absolute atomic E-state index is 11.4. The van der Waals surface area contributed by atoms with Gasteiger partial charge in [0.1, 0.15) is 0 Å². The van der Waals surface area contributed by atoms with E-state index in [9.17, 15) is 9.59 Å². The third-order valence-corrected chi connectivity index (χ3v) is 2.61. The summed E-state index contributed by atoms with van der Waals surface area (Å²) in [5.74, 6) is 0.0885. The number of hydrogen-bond donors (Lipinski definition) is 1. The third-order valence-electron chi connectivity index (χ3n) is 2.61. The van der Waals surface area contributed by atoms with Gasteiger partial charge < -0.3 is 10.2 Å². The van der Waals surface area contributed by atoms with Crippen molar-refractivity contribution in [2.75, 3.05) is 19.6 Å². The van der Waals surface area contributed by atoms with E-state index in [1.54, 1.807) is 4.90 Å². The van der Waals surface area contributed by atoms with Gasteiger partial charge in [-0.3, -0.25) is 9.59 Å². The van der Waals surface area contributed by atoms with E-state index in [1.165, 1.54) is 0 Å². The minimum absolute atomic E-state index is 0.0290. The monoisotopic (exact) mass is 212 g/mol. The Morgan fingerprint density at radius 1 is 1.47 bits per heavy atom. The number of nitrogens with one attached hydrogen (secondary N) is 1. The average Bonchev–Trinajstić information content (AvgIpc) is 2.22. The minimum Gasteiger partial charge on any atom is -0.355 e. The fraction of sp³-hybridized carbons (Fsp3) is 0.818. The summed E-state index contributed by atoms with van der Waals surface area (Å²) < 4.78 is 0. The van der Waals surface area contributed by atoms with Gasteiger partial charge in [-0.1, -0.05) is 13.3 Å². The van der Waals surface area contributed by atoms with Crippen molar-refractivity contribution >= 4 is 11.8 Å². The van der Waals surface area contributed by atoms with Crippen molar-refractivity contribution in [2.45, 2.75) is 39.0 Å². The summed E-state index contributed by atoms with van der Waals surface area (Å²) in [6.45, 7) is 3.78. The van der Waals surface area contributed by atoms with Crippen LogP contribution < -0.4 is 5.32 Å². The van der Waals surface area contributed by atoms with Crippen LogP contribution in [-0.2, 0) is 9.59 Å². The molecular weight excluding hydrogens is 192 g/mol. The van der Waals surface area contributed by atoms with Crippen LogP contribution in [0.1, 0.15) is 39.0 Å². The van der Waals surface area contributed by atoms with Crippen LogP contribution in [-0.4, -0.2) is 36.3 Å². The molecule has 1 aliphatic heterocycles. The molecule has 0 aromatic rings. The van der Waals surface area contributed by atoms with Crippen LogP contribution in [0.2, 0.25) is 0 Å². The van der Waals surface area contributed by atoms with Crippen molar-refractivity contribution in [1.29, 1.82) is 0 Å². The molecule has 0 aromatic heterocycles. The molecule has 0 bridgehead atoms. The van der Waals surface area contributed by atoms with Gasteiger partial charge in [0.2, 0.25) is 11.8 Å². The van der Waals surface area contributed by atoms with Crippen molar-refractivity contribution in [3.63, 3.8) is 0 Å². The van der Waals surface area contributed by atoms with Gasteiger partial charge in [-0.2, -0.15) is 0 Å². The van der Waals surface area contributed by atoms with Gasteiger partial charge >= 0.3 is 0 Å². The number of nitrogens with zero attached hydrogens (tertiary/aromatic N) is 1. The summed E-state index contributed by atoms with van der Waals surface area (Å²) in [6, 6.07) is 0. The highest BCUT2D eigenvalue weighted by Gasteiger charge is 2.19.